The molecule has 0 aromatic heterocycles. The number of nitrogens with one attached hydrogen (secondary N) is 1. The topological polar surface area (TPSA) is 88.1 Å². The van der Waals surface area contributed by atoms with Gasteiger partial charge in [-0.2, -0.15) is 5.26 Å². The van der Waals surface area contributed by atoms with Crippen LogP contribution in [0.4, 0.5) is 10.1 Å². The minimum atomic E-state index is -0.566. The maximum atomic E-state index is 13.7. The summed E-state index contributed by atoms with van der Waals surface area (Å²) in [6.07, 6.45) is 0. The van der Waals surface area contributed by atoms with Crippen molar-refractivity contribution in [2.24, 2.45) is 5.73 Å². The molecule has 0 spiro atoms. The lowest BCUT2D eigenvalue weighted by Crippen LogP contribution is -2.12. The van der Waals surface area contributed by atoms with Gasteiger partial charge in [0.05, 0.1) is 24.4 Å². The number of halogens is 1. The number of anilines is 1. The molecule has 2 aromatic rings. The van der Waals surface area contributed by atoms with Crippen LogP contribution in [0.25, 0.3) is 0 Å². The lowest BCUT2D eigenvalue weighted by molar-refractivity contribution is 0.100. The van der Waals surface area contributed by atoms with E-state index in [1.54, 1.807) is 12.1 Å². The predicted molar refractivity (Wildman–Crippen MR) is 80.0 cm³/mol. The number of nitrogens with two attached hydrogens (primary N) is 1. The van der Waals surface area contributed by atoms with Gasteiger partial charge in [0.15, 0.2) is 0 Å². The number of primary amides is 1. The quantitative estimate of drug-likeness (QED) is 0.887. The van der Waals surface area contributed by atoms with Gasteiger partial charge in [-0.1, -0.05) is 0 Å². The number of carbonyl (C=O) groups is 1. The van der Waals surface area contributed by atoms with Crippen LogP contribution in [0.2, 0.25) is 0 Å². The van der Waals surface area contributed by atoms with Crippen LogP contribution in [0.1, 0.15) is 21.5 Å². The minimum absolute atomic E-state index is 0.139. The van der Waals surface area contributed by atoms with Gasteiger partial charge in [-0.3, -0.25) is 4.79 Å². The third-order valence-electron chi connectivity index (χ3n) is 3.13. The van der Waals surface area contributed by atoms with Crippen molar-refractivity contribution in [2.75, 3.05) is 12.4 Å². The van der Waals surface area contributed by atoms with Gasteiger partial charge in [0.2, 0.25) is 5.91 Å². The molecule has 1 amide bonds. The average Bonchev–Trinajstić information content (AvgIpc) is 2.53. The molecule has 0 unspecified atom stereocenters. The van der Waals surface area contributed by atoms with Gasteiger partial charge in [-0.25, -0.2) is 4.39 Å². The fourth-order valence-electron chi connectivity index (χ4n) is 1.97. The fraction of sp³-hybridized carbons (Fsp3) is 0.125. The molecule has 112 valence electrons. The number of benzene rings is 2. The minimum Gasteiger partial charge on any atom is -0.495 e. The monoisotopic (exact) mass is 299 g/mol. The zero-order valence-corrected chi connectivity index (χ0v) is 11.9. The van der Waals surface area contributed by atoms with E-state index < -0.39 is 11.7 Å². The van der Waals surface area contributed by atoms with E-state index >= 15 is 0 Å². The second-order valence-corrected chi connectivity index (χ2v) is 4.55. The summed E-state index contributed by atoms with van der Waals surface area (Å²) >= 11 is 0. The molecule has 2 rings (SSSR count). The van der Waals surface area contributed by atoms with Crippen molar-refractivity contribution in [1.29, 1.82) is 5.26 Å². The first-order valence-corrected chi connectivity index (χ1v) is 6.45. The van der Waals surface area contributed by atoms with E-state index in [4.69, 9.17) is 15.7 Å². The predicted octanol–water partition coefficient (Wildman–Crippen LogP) is 2.42. The fourth-order valence-corrected chi connectivity index (χ4v) is 1.97. The molecule has 0 heterocycles. The van der Waals surface area contributed by atoms with Crippen LogP contribution >= 0.6 is 0 Å². The molecule has 0 saturated carbocycles. The van der Waals surface area contributed by atoms with Crippen LogP contribution in [0.5, 0.6) is 5.75 Å². The van der Waals surface area contributed by atoms with Gasteiger partial charge in [0.25, 0.3) is 0 Å². The summed E-state index contributed by atoms with van der Waals surface area (Å²) in [6.45, 7) is 0.139. The van der Waals surface area contributed by atoms with Gasteiger partial charge in [0, 0.05) is 17.7 Å². The first-order chi connectivity index (χ1) is 10.5. The van der Waals surface area contributed by atoms with E-state index in [9.17, 15) is 9.18 Å². The summed E-state index contributed by atoms with van der Waals surface area (Å²) in [5, 5.41) is 11.8. The number of amides is 1. The Labute approximate surface area is 127 Å². The Kier molecular flexibility index (Phi) is 4.59. The van der Waals surface area contributed by atoms with Crippen LogP contribution in [-0.4, -0.2) is 13.0 Å². The standard InChI is InChI=1S/C16H14FN3O2/c1-22-15-5-3-11(16(19)21)7-14(15)20-9-12-6-10(8-18)2-4-13(12)17/h2-7,20H,9H2,1H3,(H2,19,21). The molecule has 22 heavy (non-hydrogen) atoms. The van der Waals surface area contributed by atoms with Crippen LogP contribution < -0.4 is 15.8 Å². The van der Waals surface area contributed by atoms with Crippen LogP contribution in [0, 0.1) is 17.1 Å². The zero-order valence-electron chi connectivity index (χ0n) is 11.9. The van der Waals surface area contributed by atoms with Gasteiger partial charge >= 0.3 is 0 Å². The van der Waals surface area contributed by atoms with Crippen molar-refractivity contribution in [3.63, 3.8) is 0 Å². The molecular weight excluding hydrogens is 285 g/mol. The first-order valence-electron chi connectivity index (χ1n) is 6.45. The number of nitrogens with zero attached hydrogens (tertiary/aromatic N) is 1. The Morgan fingerprint density at radius 1 is 1.36 bits per heavy atom. The van der Waals surface area contributed by atoms with E-state index in [-0.39, 0.29) is 6.54 Å². The third kappa shape index (κ3) is 3.33. The first kappa shape index (κ1) is 15.3. The van der Waals surface area contributed by atoms with Crippen molar-refractivity contribution in [2.45, 2.75) is 6.54 Å². The molecule has 5 nitrogen and oxygen atoms in total. The van der Waals surface area contributed by atoms with Crippen molar-refractivity contribution < 1.29 is 13.9 Å². The molecule has 0 aliphatic rings. The molecule has 6 heteroatoms. The van der Waals surface area contributed by atoms with E-state index in [0.717, 1.165) is 0 Å². The number of rotatable bonds is 5. The Bertz CT molecular complexity index is 754. The summed E-state index contributed by atoms with van der Waals surface area (Å²) in [7, 11) is 1.49. The van der Waals surface area contributed by atoms with E-state index in [1.807, 2.05) is 6.07 Å². The Hall–Kier alpha value is -3.07. The molecule has 0 saturated heterocycles. The van der Waals surface area contributed by atoms with Crippen molar-refractivity contribution >= 4 is 11.6 Å². The SMILES string of the molecule is COc1ccc(C(N)=O)cc1NCc1cc(C#N)ccc1F. The van der Waals surface area contributed by atoms with Gasteiger partial charge < -0.3 is 15.8 Å². The molecule has 2 aromatic carbocycles. The summed E-state index contributed by atoms with van der Waals surface area (Å²) in [5.41, 5.74) is 6.78. The molecular formula is C16H14FN3O2. The number of methoxy groups -OCH3 is 1. The molecule has 0 bridgehead atoms. The molecule has 0 fully saturated rings. The Balaban J connectivity index is 2.26. The summed E-state index contributed by atoms with van der Waals surface area (Å²) in [4.78, 5) is 11.2. The lowest BCUT2D eigenvalue weighted by atomic mass is 10.1. The second kappa shape index (κ2) is 6.59. The Morgan fingerprint density at radius 2 is 2.14 bits per heavy atom. The summed E-state index contributed by atoms with van der Waals surface area (Å²) in [5.74, 6) is -0.485. The molecule has 3 N–H and O–H groups in total. The smallest absolute Gasteiger partial charge is 0.248 e. The van der Waals surface area contributed by atoms with E-state index in [2.05, 4.69) is 5.32 Å². The lowest BCUT2D eigenvalue weighted by Gasteiger charge is -2.13. The van der Waals surface area contributed by atoms with E-state index in [1.165, 1.54) is 31.4 Å². The molecule has 0 aliphatic heterocycles. The van der Waals surface area contributed by atoms with Crippen LogP contribution in [0.15, 0.2) is 36.4 Å². The number of hydrogen-bond donors (Lipinski definition) is 2. The Morgan fingerprint density at radius 3 is 2.77 bits per heavy atom. The highest BCUT2D eigenvalue weighted by molar-refractivity contribution is 5.94. The highest BCUT2D eigenvalue weighted by Gasteiger charge is 2.09. The van der Waals surface area contributed by atoms with Gasteiger partial charge in [-0.15, -0.1) is 0 Å². The number of nitriles is 1. The highest BCUT2D eigenvalue weighted by Crippen LogP contribution is 2.26. The summed E-state index contributed by atoms with van der Waals surface area (Å²) < 4.78 is 18.9. The second-order valence-electron chi connectivity index (χ2n) is 4.55. The third-order valence-corrected chi connectivity index (χ3v) is 3.13. The van der Waals surface area contributed by atoms with Crippen molar-refractivity contribution in [3.05, 3.63) is 58.9 Å². The average molecular weight is 299 g/mol. The maximum absolute atomic E-state index is 13.7. The normalized spacial score (nSPS) is 9.86. The summed E-state index contributed by atoms with van der Waals surface area (Å²) in [6, 6.07) is 10.8. The van der Waals surface area contributed by atoms with E-state index in [0.29, 0.717) is 28.1 Å². The maximum Gasteiger partial charge on any atom is 0.248 e. The largest absolute Gasteiger partial charge is 0.495 e. The van der Waals surface area contributed by atoms with Crippen LogP contribution in [-0.2, 0) is 6.54 Å². The number of ether oxygens (including phenoxy) is 1. The zero-order chi connectivity index (χ0) is 16.1. The van der Waals surface area contributed by atoms with Crippen molar-refractivity contribution in [1.82, 2.24) is 0 Å². The molecule has 0 aliphatic carbocycles. The van der Waals surface area contributed by atoms with Gasteiger partial charge in [-0.05, 0) is 36.4 Å². The highest BCUT2D eigenvalue weighted by atomic mass is 19.1. The van der Waals surface area contributed by atoms with Crippen LogP contribution in [0.3, 0.4) is 0 Å². The number of carbonyl (C=O) groups excluding carboxylic acids is 1. The van der Waals surface area contributed by atoms with Gasteiger partial charge in [0.1, 0.15) is 11.6 Å². The molecule has 0 radical (unpaired) electrons. The van der Waals surface area contributed by atoms with Crippen molar-refractivity contribution in [3.8, 4) is 11.8 Å². The number of hydrogen-bond acceptors (Lipinski definition) is 4. The molecule has 0 atom stereocenters.